The highest BCUT2D eigenvalue weighted by Gasteiger charge is 2.17. The molecule has 0 aromatic heterocycles. The molecule has 1 atom stereocenters. The Morgan fingerprint density at radius 3 is 1.15 bits per heavy atom. The summed E-state index contributed by atoms with van der Waals surface area (Å²) >= 11 is 0. The van der Waals surface area contributed by atoms with Gasteiger partial charge < -0.3 is 14.2 Å². The Morgan fingerprint density at radius 2 is 0.712 bits per heavy atom. The number of hydrogen-bond donors (Lipinski definition) is 0. The highest BCUT2D eigenvalue weighted by molar-refractivity contribution is 5.70. The van der Waals surface area contributed by atoms with E-state index in [2.05, 4.69) is 112 Å². The lowest BCUT2D eigenvalue weighted by atomic mass is 10.1. The van der Waals surface area contributed by atoms with Crippen LogP contribution < -0.4 is 0 Å². The predicted octanol–water partition coefficient (Wildman–Crippen LogP) is 19.0. The molecule has 0 saturated carbocycles. The lowest BCUT2D eigenvalue weighted by Gasteiger charge is -2.18. The predicted molar refractivity (Wildman–Crippen MR) is 288 cm³/mol. The van der Waals surface area contributed by atoms with Crippen LogP contribution >= 0.6 is 0 Å². The van der Waals surface area contributed by atoms with Gasteiger partial charge in [0.25, 0.3) is 0 Å². The van der Waals surface area contributed by atoms with Crippen molar-refractivity contribution in [2.24, 2.45) is 0 Å². The molecule has 0 bridgehead atoms. The first kappa shape index (κ1) is 62.8. The number of allylic oxidation sites excluding steroid dienone is 16. The van der Waals surface area contributed by atoms with Crippen LogP contribution in [0.2, 0.25) is 0 Å². The van der Waals surface area contributed by atoms with E-state index in [0.717, 1.165) is 70.6 Å². The van der Waals surface area contributed by atoms with Crippen LogP contribution in [-0.4, -0.2) is 37.9 Å². The minimum absolute atomic E-state index is 0.0474. The Bertz CT molecular complexity index is 1270. The van der Waals surface area contributed by atoms with Gasteiger partial charge in [-0.3, -0.25) is 9.59 Å². The van der Waals surface area contributed by atoms with Crippen LogP contribution in [0.15, 0.2) is 97.2 Å². The molecule has 0 aliphatic carbocycles. The Balaban J connectivity index is 4.33. The van der Waals surface area contributed by atoms with Gasteiger partial charge in [-0.15, -0.1) is 0 Å². The molecule has 0 aliphatic rings. The fourth-order valence-electron chi connectivity index (χ4n) is 7.47. The fraction of sp³-hybridized carbons (Fsp3) is 0.705. The Kier molecular flexibility index (Phi) is 53.4. The summed E-state index contributed by atoms with van der Waals surface area (Å²) in [6.45, 7) is 7.58. The molecule has 0 saturated heterocycles. The number of ether oxygens (including phenoxy) is 3. The molecule has 5 heteroatoms. The van der Waals surface area contributed by atoms with Crippen LogP contribution in [0.4, 0.5) is 0 Å². The van der Waals surface area contributed by atoms with Crippen molar-refractivity contribution in [1.82, 2.24) is 0 Å². The molecule has 0 aromatic carbocycles. The summed E-state index contributed by atoms with van der Waals surface area (Å²) in [6, 6.07) is 0. The van der Waals surface area contributed by atoms with Gasteiger partial charge in [-0.25, -0.2) is 0 Å². The van der Waals surface area contributed by atoms with Crippen LogP contribution in [0.5, 0.6) is 0 Å². The number of esters is 2. The van der Waals surface area contributed by atoms with Gasteiger partial charge in [0, 0.05) is 19.4 Å². The SMILES string of the molecule is CC/C=C\C/C=C\C/C=C\C/C=C\CCC(=O)OC(COCCCCCCCCCCCC/C=C\C/C=C\CCCCC)COC(=O)CCCCCCCCC/C=C\C/C=C\CCCCC. The first-order chi connectivity index (χ1) is 32.6. The van der Waals surface area contributed by atoms with Crippen molar-refractivity contribution in [3.05, 3.63) is 97.2 Å². The summed E-state index contributed by atoms with van der Waals surface area (Å²) in [4.78, 5) is 25.4. The third-order valence-electron chi connectivity index (χ3n) is 11.6. The van der Waals surface area contributed by atoms with Gasteiger partial charge in [0.05, 0.1) is 6.61 Å². The lowest BCUT2D eigenvalue weighted by molar-refractivity contribution is -0.162. The molecular formula is C61H104O5. The summed E-state index contributed by atoms with van der Waals surface area (Å²) in [5, 5.41) is 0. The number of hydrogen-bond acceptors (Lipinski definition) is 5. The van der Waals surface area contributed by atoms with Crippen LogP contribution in [0.3, 0.4) is 0 Å². The molecule has 0 rings (SSSR count). The zero-order valence-corrected chi connectivity index (χ0v) is 43.4. The molecule has 66 heavy (non-hydrogen) atoms. The number of unbranched alkanes of at least 4 members (excludes halogenated alkanes) is 23. The van der Waals surface area contributed by atoms with E-state index in [9.17, 15) is 9.59 Å². The molecule has 1 unspecified atom stereocenters. The zero-order valence-electron chi connectivity index (χ0n) is 43.4. The molecule has 0 aliphatic heterocycles. The van der Waals surface area contributed by atoms with Crippen LogP contribution in [0.1, 0.15) is 252 Å². The average Bonchev–Trinajstić information content (AvgIpc) is 3.32. The van der Waals surface area contributed by atoms with E-state index < -0.39 is 6.10 Å². The lowest BCUT2D eigenvalue weighted by Crippen LogP contribution is -2.30. The van der Waals surface area contributed by atoms with Crippen molar-refractivity contribution in [2.75, 3.05) is 19.8 Å². The minimum atomic E-state index is -0.584. The smallest absolute Gasteiger partial charge is 0.306 e. The number of carbonyl (C=O) groups is 2. The highest BCUT2D eigenvalue weighted by Crippen LogP contribution is 2.14. The molecule has 0 amide bonds. The van der Waals surface area contributed by atoms with Gasteiger partial charge in [-0.05, 0) is 109 Å². The molecular weight excluding hydrogens is 813 g/mol. The van der Waals surface area contributed by atoms with E-state index >= 15 is 0 Å². The number of carbonyl (C=O) groups excluding carboxylic acids is 2. The summed E-state index contributed by atoms with van der Waals surface area (Å²) < 4.78 is 17.4. The average molecular weight is 917 g/mol. The van der Waals surface area contributed by atoms with E-state index in [0.29, 0.717) is 25.9 Å². The second-order valence-electron chi connectivity index (χ2n) is 18.1. The maximum Gasteiger partial charge on any atom is 0.306 e. The van der Waals surface area contributed by atoms with Gasteiger partial charge in [0.15, 0.2) is 6.10 Å². The van der Waals surface area contributed by atoms with Crippen molar-refractivity contribution in [2.45, 2.75) is 258 Å². The van der Waals surface area contributed by atoms with E-state index in [1.807, 2.05) is 6.08 Å². The second-order valence-corrected chi connectivity index (χ2v) is 18.1. The van der Waals surface area contributed by atoms with Gasteiger partial charge in [-0.1, -0.05) is 227 Å². The molecule has 0 fully saturated rings. The van der Waals surface area contributed by atoms with Crippen molar-refractivity contribution < 1.29 is 23.8 Å². The first-order valence-electron chi connectivity index (χ1n) is 27.8. The normalized spacial score (nSPS) is 13.0. The third-order valence-corrected chi connectivity index (χ3v) is 11.6. The second kappa shape index (κ2) is 56.1. The van der Waals surface area contributed by atoms with Crippen molar-refractivity contribution in [3.63, 3.8) is 0 Å². The van der Waals surface area contributed by atoms with Crippen molar-refractivity contribution >= 4 is 11.9 Å². The fourth-order valence-corrected chi connectivity index (χ4v) is 7.47. The quantitative estimate of drug-likeness (QED) is 0.0346. The Morgan fingerprint density at radius 1 is 0.348 bits per heavy atom. The van der Waals surface area contributed by atoms with Crippen LogP contribution in [-0.2, 0) is 23.8 Å². The first-order valence-corrected chi connectivity index (χ1v) is 27.8. The molecule has 0 spiro atoms. The molecule has 0 N–H and O–H groups in total. The number of rotatable bonds is 50. The molecule has 0 heterocycles. The Hall–Kier alpha value is -3.18. The van der Waals surface area contributed by atoms with Crippen LogP contribution in [0, 0.1) is 0 Å². The van der Waals surface area contributed by atoms with E-state index in [1.165, 1.54) is 141 Å². The van der Waals surface area contributed by atoms with Gasteiger partial charge in [-0.2, -0.15) is 0 Å². The zero-order chi connectivity index (χ0) is 47.7. The van der Waals surface area contributed by atoms with Gasteiger partial charge >= 0.3 is 11.9 Å². The molecule has 0 aromatic rings. The maximum absolute atomic E-state index is 12.8. The molecule has 5 nitrogen and oxygen atoms in total. The molecule has 378 valence electrons. The summed E-state index contributed by atoms with van der Waals surface area (Å²) in [6.07, 6.45) is 75.8. The van der Waals surface area contributed by atoms with Gasteiger partial charge in [0.2, 0.25) is 0 Å². The molecule has 0 radical (unpaired) electrons. The summed E-state index contributed by atoms with van der Waals surface area (Å²) in [7, 11) is 0. The third kappa shape index (κ3) is 53.4. The summed E-state index contributed by atoms with van der Waals surface area (Å²) in [5.41, 5.74) is 0. The van der Waals surface area contributed by atoms with E-state index in [-0.39, 0.29) is 25.2 Å². The van der Waals surface area contributed by atoms with Crippen LogP contribution in [0.25, 0.3) is 0 Å². The van der Waals surface area contributed by atoms with Crippen molar-refractivity contribution in [1.29, 1.82) is 0 Å². The van der Waals surface area contributed by atoms with Gasteiger partial charge in [0.1, 0.15) is 6.61 Å². The largest absolute Gasteiger partial charge is 0.462 e. The standard InChI is InChI=1S/C61H104O5/c1-4-7-10-13-16-19-22-25-27-29-30-31-33-35-38-41-44-47-50-53-56-64-57-59(66-61(63)55-52-49-46-43-40-36-24-21-18-15-12-9-6-3)58-65-60(62)54-51-48-45-42-39-37-34-32-28-26-23-20-17-14-11-8-5-2/h9,12,16-21,25-28,36,40,46,49,59H,4-8,10-11,13-15,22-24,29-35,37-39,41-45,47-48,50-58H2,1-3H3/b12-9-,19-16-,20-17-,21-18-,27-25-,28-26-,40-36-,49-46-. The van der Waals surface area contributed by atoms with E-state index in [4.69, 9.17) is 14.2 Å². The monoisotopic (exact) mass is 917 g/mol. The van der Waals surface area contributed by atoms with E-state index in [1.54, 1.807) is 0 Å². The summed E-state index contributed by atoms with van der Waals surface area (Å²) in [5.74, 6) is -0.501. The maximum atomic E-state index is 12.8. The highest BCUT2D eigenvalue weighted by atomic mass is 16.6. The minimum Gasteiger partial charge on any atom is -0.462 e. The topological polar surface area (TPSA) is 61.8 Å². The Labute approximate surface area is 409 Å². The van der Waals surface area contributed by atoms with Crippen molar-refractivity contribution in [3.8, 4) is 0 Å².